The molecular formula is C20H24N2O4. The summed E-state index contributed by atoms with van der Waals surface area (Å²) in [5.74, 6) is -1.35. The number of cyclic esters (lactones) is 1. The molecule has 1 N–H and O–H groups in total. The van der Waals surface area contributed by atoms with Gasteiger partial charge in [-0.3, -0.25) is 9.59 Å². The summed E-state index contributed by atoms with van der Waals surface area (Å²) in [4.78, 5) is 38.5. The third kappa shape index (κ3) is 3.36. The number of carbonyl (C=O) groups is 3. The molecular weight excluding hydrogens is 332 g/mol. The molecule has 2 aliphatic heterocycles. The zero-order valence-corrected chi connectivity index (χ0v) is 15.3. The van der Waals surface area contributed by atoms with Crippen LogP contribution >= 0.6 is 0 Å². The maximum Gasteiger partial charge on any atom is 0.416 e. The first-order chi connectivity index (χ1) is 12.4. The number of amides is 3. The van der Waals surface area contributed by atoms with E-state index in [2.05, 4.69) is 5.32 Å². The Morgan fingerprint density at radius 3 is 2.54 bits per heavy atom. The summed E-state index contributed by atoms with van der Waals surface area (Å²) in [6.45, 7) is 6.10. The summed E-state index contributed by atoms with van der Waals surface area (Å²) in [5.41, 5.74) is 1.88. The van der Waals surface area contributed by atoms with Crippen molar-refractivity contribution in [2.45, 2.75) is 26.8 Å². The Kier molecular flexibility index (Phi) is 5.11. The average molecular weight is 356 g/mol. The van der Waals surface area contributed by atoms with Crippen molar-refractivity contribution in [3.8, 4) is 0 Å². The largest absolute Gasteiger partial charge is 0.447 e. The lowest BCUT2D eigenvalue weighted by Gasteiger charge is -2.40. The Labute approximate surface area is 153 Å². The molecule has 0 radical (unpaired) electrons. The van der Waals surface area contributed by atoms with Gasteiger partial charge in [0.25, 0.3) is 0 Å². The monoisotopic (exact) mass is 356 g/mol. The molecule has 2 fully saturated rings. The molecule has 1 aromatic rings. The van der Waals surface area contributed by atoms with Gasteiger partial charge in [-0.2, -0.15) is 0 Å². The summed E-state index contributed by atoms with van der Waals surface area (Å²) in [6.07, 6.45) is 1.37. The van der Waals surface area contributed by atoms with Gasteiger partial charge in [0.2, 0.25) is 11.8 Å². The highest BCUT2D eigenvalue weighted by Gasteiger charge is 2.47. The molecule has 0 saturated carbocycles. The number of nitrogens with one attached hydrogen (secondary N) is 1. The second kappa shape index (κ2) is 7.32. The second-order valence-corrected chi connectivity index (χ2v) is 7.06. The van der Waals surface area contributed by atoms with E-state index in [1.54, 1.807) is 0 Å². The highest BCUT2D eigenvalue weighted by Crippen LogP contribution is 2.34. The minimum absolute atomic E-state index is 0.0728. The topological polar surface area (TPSA) is 75.7 Å². The first-order valence-electron chi connectivity index (χ1n) is 8.92. The van der Waals surface area contributed by atoms with E-state index in [0.717, 1.165) is 16.0 Å². The van der Waals surface area contributed by atoms with Crippen molar-refractivity contribution in [2.75, 3.05) is 13.2 Å². The van der Waals surface area contributed by atoms with E-state index in [4.69, 9.17) is 4.74 Å². The van der Waals surface area contributed by atoms with Gasteiger partial charge in [-0.25, -0.2) is 9.69 Å². The molecule has 2 saturated heterocycles. The molecule has 0 aliphatic carbocycles. The lowest BCUT2D eigenvalue weighted by Crippen LogP contribution is -2.58. The first kappa shape index (κ1) is 18.2. The molecule has 4 atom stereocenters. The summed E-state index contributed by atoms with van der Waals surface area (Å²) >= 11 is 0. The van der Waals surface area contributed by atoms with Crippen LogP contribution in [0, 0.1) is 17.8 Å². The molecule has 0 unspecified atom stereocenters. The first-order valence-corrected chi connectivity index (χ1v) is 8.92. The summed E-state index contributed by atoms with van der Waals surface area (Å²) in [7, 11) is 0. The molecule has 0 aromatic heterocycles. The molecule has 0 spiro atoms. The van der Waals surface area contributed by atoms with Crippen molar-refractivity contribution in [3.05, 3.63) is 41.5 Å². The number of hydrogen-bond donors (Lipinski definition) is 1. The fourth-order valence-electron chi connectivity index (χ4n) is 3.67. The number of hydrogen-bond acceptors (Lipinski definition) is 4. The van der Waals surface area contributed by atoms with Crippen LogP contribution in [0.4, 0.5) is 4.79 Å². The minimum Gasteiger partial charge on any atom is -0.447 e. The summed E-state index contributed by atoms with van der Waals surface area (Å²) in [5, 5.41) is 2.98. The van der Waals surface area contributed by atoms with Crippen molar-refractivity contribution in [1.29, 1.82) is 0 Å². The Morgan fingerprint density at radius 2 is 1.92 bits per heavy atom. The van der Waals surface area contributed by atoms with E-state index in [1.807, 2.05) is 57.2 Å². The van der Waals surface area contributed by atoms with Crippen LogP contribution in [-0.2, 0) is 14.3 Å². The Balaban J connectivity index is 1.93. The Bertz CT molecular complexity index is 743. The predicted molar refractivity (Wildman–Crippen MR) is 96.9 cm³/mol. The number of nitrogens with zero attached hydrogens (tertiary/aromatic N) is 1. The van der Waals surface area contributed by atoms with E-state index in [-0.39, 0.29) is 36.8 Å². The zero-order chi connectivity index (χ0) is 18.8. The average Bonchev–Trinajstić information content (AvgIpc) is 3.05. The highest BCUT2D eigenvalue weighted by molar-refractivity contribution is 5.96. The summed E-state index contributed by atoms with van der Waals surface area (Å²) < 4.78 is 4.92. The third-order valence-electron chi connectivity index (χ3n) is 5.42. The molecule has 2 heterocycles. The van der Waals surface area contributed by atoms with Crippen molar-refractivity contribution >= 4 is 24.0 Å². The SMILES string of the molecule is C/C(=C\c1ccccc1)[C@@H]1NC(=O)[C@H](C)[C@@H](C)[C@@H]1C(=O)N1CCOC1=O. The van der Waals surface area contributed by atoms with Crippen LogP contribution in [0.1, 0.15) is 26.3 Å². The van der Waals surface area contributed by atoms with Crippen LogP contribution in [0.2, 0.25) is 0 Å². The number of carbonyl (C=O) groups excluding carboxylic acids is 3. The molecule has 6 nitrogen and oxygen atoms in total. The lowest BCUT2D eigenvalue weighted by molar-refractivity contribution is -0.141. The quantitative estimate of drug-likeness (QED) is 0.903. The second-order valence-electron chi connectivity index (χ2n) is 7.06. The van der Waals surface area contributed by atoms with E-state index < -0.39 is 18.1 Å². The van der Waals surface area contributed by atoms with Gasteiger partial charge in [0.1, 0.15) is 6.61 Å². The maximum atomic E-state index is 13.1. The molecule has 0 bridgehead atoms. The fourth-order valence-corrected chi connectivity index (χ4v) is 3.67. The maximum absolute atomic E-state index is 13.1. The van der Waals surface area contributed by atoms with E-state index in [9.17, 15) is 14.4 Å². The zero-order valence-electron chi connectivity index (χ0n) is 15.3. The Morgan fingerprint density at radius 1 is 1.23 bits per heavy atom. The molecule has 6 heteroatoms. The van der Waals surface area contributed by atoms with Gasteiger partial charge in [-0.05, 0) is 24.0 Å². The van der Waals surface area contributed by atoms with Crippen LogP contribution in [-0.4, -0.2) is 42.0 Å². The van der Waals surface area contributed by atoms with Gasteiger partial charge in [0.05, 0.1) is 18.5 Å². The van der Waals surface area contributed by atoms with Crippen LogP contribution in [0.3, 0.4) is 0 Å². The van der Waals surface area contributed by atoms with Crippen LogP contribution in [0.15, 0.2) is 35.9 Å². The van der Waals surface area contributed by atoms with E-state index >= 15 is 0 Å². The Hall–Kier alpha value is -2.63. The number of rotatable bonds is 3. The van der Waals surface area contributed by atoms with Gasteiger partial charge in [-0.15, -0.1) is 0 Å². The molecule has 138 valence electrons. The lowest BCUT2D eigenvalue weighted by atomic mass is 9.73. The van der Waals surface area contributed by atoms with Crippen molar-refractivity contribution in [2.24, 2.45) is 17.8 Å². The number of imide groups is 1. The minimum atomic E-state index is -0.602. The van der Waals surface area contributed by atoms with Gasteiger partial charge < -0.3 is 10.1 Å². The molecule has 1 aromatic carbocycles. The van der Waals surface area contributed by atoms with E-state index in [0.29, 0.717) is 0 Å². The van der Waals surface area contributed by atoms with E-state index in [1.165, 1.54) is 0 Å². The molecule has 26 heavy (non-hydrogen) atoms. The van der Waals surface area contributed by atoms with Gasteiger partial charge in [0, 0.05) is 5.92 Å². The van der Waals surface area contributed by atoms with Crippen molar-refractivity contribution < 1.29 is 19.1 Å². The van der Waals surface area contributed by atoms with Crippen molar-refractivity contribution in [3.63, 3.8) is 0 Å². The molecule has 3 amide bonds. The van der Waals surface area contributed by atoms with Crippen LogP contribution in [0.25, 0.3) is 6.08 Å². The van der Waals surface area contributed by atoms with Gasteiger partial charge >= 0.3 is 6.09 Å². The third-order valence-corrected chi connectivity index (χ3v) is 5.42. The van der Waals surface area contributed by atoms with Crippen molar-refractivity contribution in [1.82, 2.24) is 10.2 Å². The van der Waals surface area contributed by atoms with Crippen LogP contribution in [0.5, 0.6) is 0 Å². The number of piperidine rings is 1. The van der Waals surface area contributed by atoms with Crippen LogP contribution < -0.4 is 5.32 Å². The van der Waals surface area contributed by atoms with Gasteiger partial charge in [0.15, 0.2) is 0 Å². The number of ether oxygens (including phenoxy) is 1. The smallest absolute Gasteiger partial charge is 0.416 e. The highest BCUT2D eigenvalue weighted by atomic mass is 16.6. The normalized spacial score (nSPS) is 29.3. The standard InChI is InChI=1S/C20H24N2O4/c1-12(11-15-7-5-4-6-8-15)17-16(13(2)14(3)18(23)21-17)19(24)22-9-10-26-20(22)25/h4-8,11,13-14,16-17H,9-10H2,1-3H3,(H,21,23)/b12-11+/t13-,14-,16+,17+/m1/s1. The fraction of sp³-hybridized carbons (Fsp3) is 0.450. The summed E-state index contributed by atoms with van der Waals surface area (Å²) in [6, 6.07) is 9.29. The molecule has 2 aliphatic rings. The van der Waals surface area contributed by atoms with Gasteiger partial charge in [-0.1, -0.05) is 50.3 Å². The predicted octanol–water partition coefficient (Wildman–Crippen LogP) is 2.46. The number of benzene rings is 1. The molecule has 3 rings (SSSR count).